The third-order valence-corrected chi connectivity index (χ3v) is 3.84. The lowest BCUT2D eigenvalue weighted by molar-refractivity contribution is 0.100. The molecule has 0 spiro atoms. The highest BCUT2D eigenvalue weighted by molar-refractivity contribution is 6.01. The molecule has 0 saturated carbocycles. The first-order valence-corrected chi connectivity index (χ1v) is 7.07. The number of rotatable bonds is 3. The molecule has 2 aromatic carbocycles. The quantitative estimate of drug-likeness (QED) is 0.745. The van der Waals surface area contributed by atoms with Gasteiger partial charge in [0.15, 0.2) is 0 Å². The van der Waals surface area contributed by atoms with Crippen molar-refractivity contribution in [3.8, 4) is 11.1 Å². The Morgan fingerprint density at radius 3 is 2.62 bits per heavy atom. The molecule has 3 nitrogen and oxygen atoms in total. The fourth-order valence-corrected chi connectivity index (χ4v) is 2.60. The lowest BCUT2D eigenvalue weighted by atomic mass is 9.93. The summed E-state index contributed by atoms with van der Waals surface area (Å²) in [5.74, 6) is -0.0223. The van der Waals surface area contributed by atoms with Gasteiger partial charge in [-0.25, -0.2) is 0 Å². The number of aromatic nitrogens is 1. The normalized spacial score (nSPS) is 11.2. The summed E-state index contributed by atoms with van der Waals surface area (Å²) in [7, 11) is 0. The van der Waals surface area contributed by atoms with Gasteiger partial charge >= 0.3 is 0 Å². The van der Waals surface area contributed by atoms with Gasteiger partial charge in [-0.2, -0.15) is 0 Å². The van der Waals surface area contributed by atoms with Crippen molar-refractivity contribution in [2.45, 2.75) is 19.8 Å². The number of carbonyl (C=O) groups is 1. The molecule has 1 aromatic heterocycles. The number of fused-ring (bicyclic) bond motifs is 1. The molecule has 0 fully saturated rings. The van der Waals surface area contributed by atoms with E-state index in [0.29, 0.717) is 11.5 Å². The van der Waals surface area contributed by atoms with Crippen molar-refractivity contribution in [1.82, 2.24) is 4.98 Å². The summed E-state index contributed by atoms with van der Waals surface area (Å²) < 4.78 is 0. The largest absolute Gasteiger partial charge is 0.366 e. The zero-order valence-electron chi connectivity index (χ0n) is 12.2. The van der Waals surface area contributed by atoms with Crippen molar-refractivity contribution in [3.63, 3.8) is 0 Å². The van der Waals surface area contributed by atoms with Crippen LogP contribution in [0.3, 0.4) is 0 Å². The van der Waals surface area contributed by atoms with E-state index in [4.69, 9.17) is 5.73 Å². The van der Waals surface area contributed by atoms with Gasteiger partial charge < -0.3 is 10.7 Å². The number of nitrogens with one attached hydrogen (secondary N) is 1. The minimum atomic E-state index is -0.387. The number of carbonyl (C=O) groups excluding carboxylic acids is 1. The van der Waals surface area contributed by atoms with Crippen molar-refractivity contribution in [1.29, 1.82) is 0 Å². The third kappa shape index (κ3) is 2.42. The summed E-state index contributed by atoms with van der Waals surface area (Å²) in [6.07, 6.45) is 1.91. The maximum atomic E-state index is 11.8. The second kappa shape index (κ2) is 5.09. The average Bonchev–Trinajstić information content (AvgIpc) is 2.93. The van der Waals surface area contributed by atoms with E-state index < -0.39 is 0 Å². The van der Waals surface area contributed by atoms with Crippen LogP contribution in [0.15, 0.2) is 48.7 Å². The van der Waals surface area contributed by atoms with Gasteiger partial charge in [0.1, 0.15) is 0 Å². The van der Waals surface area contributed by atoms with Crippen LogP contribution in [0.4, 0.5) is 0 Å². The monoisotopic (exact) mass is 278 g/mol. The number of nitrogens with two attached hydrogens (primary N) is 1. The highest BCUT2D eigenvalue weighted by Gasteiger charge is 2.13. The lowest BCUT2D eigenvalue weighted by Crippen LogP contribution is -2.13. The van der Waals surface area contributed by atoms with Crippen molar-refractivity contribution in [2.24, 2.45) is 5.73 Å². The summed E-state index contributed by atoms with van der Waals surface area (Å²) >= 11 is 0. The smallest absolute Gasteiger partial charge is 0.249 e. The first-order chi connectivity index (χ1) is 10.1. The first kappa shape index (κ1) is 13.4. The van der Waals surface area contributed by atoms with Gasteiger partial charge in [-0.1, -0.05) is 32.0 Å². The molecule has 3 rings (SSSR count). The summed E-state index contributed by atoms with van der Waals surface area (Å²) in [6, 6.07) is 14.1. The fourth-order valence-electron chi connectivity index (χ4n) is 2.60. The van der Waals surface area contributed by atoms with Crippen LogP contribution in [0.1, 0.15) is 35.7 Å². The SMILES string of the molecule is CC(C)c1ccc(-c2ccc3[nH]ccc3c2)c(C(N)=O)c1. The Hall–Kier alpha value is -2.55. The predicted octanol–water partition coefficient (Wildman–Crippen LogP) is 4.06. The van der Waals surface area contributed by atoms with Gasteiger partial charge in [0, 0.05) is 17.3 Å². The Balaban J connectivity index is 2.18. The second-order valence-electron chi connectivity index (χ2n) is 5.60. The molecule has 21 heavy (non-hydrogen) atoms. The van der Waals surface area contributed by atoms with Crippen LogP contribution in [0.5, 0.6) is 0 Å². The van der Waals surface area contributed by atoms with E-state index in [0.717, 1.165) is 27.6 Å². The number of H-pyrrole nitrogens is 1. The number of hydrogen-bond acceptors (Lipinski definition) is 1. The van der Waals surface area contributed by atoms with E-state index in [2.05, 4.69) is 31.0 Å². The number of hydrogen-bond donors (Lipinski definition) is 2. The Bertz CT molecular complexity index is 815. The number of aromatic amines is 1. The van der Waals surface area contributed by atoms with Crippen molar-refractivity contribution < 1.29 is 4.79 Å². The Morgan fingerprint density at radius 1 is 1.10 bits per heavy atom. The minimum absolute atomic E-state index is 0.365. The zero-order chi connectivity index (χ0) is 15.0. The van der Waals surface area contributed by atoms with Gasteiger partial charge in [0.05, 0.1) is 0 Å². The van der Waals surface area contributed by atoms with Crippen molar-refractivity contribution in [2.75, 3.05) is 0 Å². The first-order valence-electron chi connectivity index (χ1n) is 7.07. The molecule has 0 saturated heterocycles. The van der Waals surface area contributed by atoms with Crippen LogP contribution < -0.4 is 5.73 Å². The Morgan fingerprint density at radius 2 is 1.90 bits per heavy atom. The van der Waals surface area contributed by atoms with E-state index in [-0.39, 0.29) is 5.91 Å². The van der Waals surface area contributed by atoms with Gasteiger partial charge in [0.25, 0.3) is 0 Å². The Labute approximate surface area is 123 Å². The van der Waals surface area contributed by atoms with Gasteiger partial charge in [-0.3, -0.25) is 4.79 Å². The highest BCUT2D eigenvalue weighted by atomic mass is 16.1. The van der Waals surface area contributed by atoms with E-state index in [1.807, 2.05) is 36.5 Å². The van der Waals surface area contributed by atoms with E-state index in [9.17, 15) is 4.79 Å². The molecular weight excluding hydrogens is 260 g/mol. The van der Waals surface area contributed by atoms with Crippen molar-refractivity contribution in [3.05, 3.63) is 59.8 Å². The molecule has 0 atom stereocenters. The number of benzene rings is 2. The Kier molecular flexibility index (Phi) is 3.26. The van der Waals surface area contributed by atoms with Crippen molar-refractivity contribution >= 4 is 16.8 Å². The molecule has 3 N–H and O–H groups in total. The topological polar surface area (TPSA) is 58.9 Å². The molecule has 3 aromatic rings. The number of primary amides is 1. The predicted molar refractivity (Wildman–Crippen MR) is 86.3 cm³/mol. The third-order valence-electron chi connectivity index (χ3n) is 3.84. The molecule has 0 aliphatic rings. The summed E-state index contributed by atoms with van der Waals surface area (Å²) in [4.78, 5) is 15.0. The molecule has 106 valence electrons. The van der Waals surface area contributed by atoms with Crippen LogP contribution in [-0.2, 0) is 0 Å². The maximum absolute atomic E-state index is 11.8. The molecular formula is C18H18N2O. The molecule has 0 bridgehead atoms. The van der Waals surface area contributed by atoms with Crippen LogP contribution >= 0.6 is 0 Å². The minimum Gasteiger partial charge on any atom is -0.366 e. The van der Waals surface area contributed by atoms with Gasteiger partial charge in [-0.15, -0.1) is 0 Å². The summed E-state index contributed by atoms with van der Waals surface area (Å²) in [5.41, 5.74) is 10.2. The van der Waals surface area contributed by atoms with Crippen LogP contribution in [-0.4, -0.2) is 10.9 Å². The molecule has 0 radical (unpaired) electrons. The molecule has 1 heterocycles. The standard InChI is InChI=1S/C18H18N2O/c1-11(2)12-3-5-15(16(10-12)18(19)21)13-4-6-17-14(9-13)7-8-20-17/h3-11,20H,1-2H3,(H2,19,21). The van der Waals surface area contributed by atoms with Crippen LogP contribution in [0.2, 0.25) is 0 Å². The lowest BCUT2D eigenvalue weighted by Gasteiger charge is -2.12. The van der Waals surface area contributed by atoms with Gasteiger partial charge in [0.2, 0.25) is 5.91 Å². The zero-order valence-corrected chi connectivity index (χ0v) is 12.2. The molecule has 0 unspecified atom stereocenters. The van der Waals surface area contributed by atoms with E-state index in [1.165, 1.54) is 0 Å². The highest BCUT2D eigenvalue weighted by Crippen LogP contribution is 2.29. The summed E-state index contributed by atoms with van der Waals surface area (Å²) in [6.45, 7) is 4.21. The van der Waals surface area contributed by atoms with Gasteiger partial charge in [-0.05, 0) is 52.3 Å². The van der Waals surface area contributed by atoms with Crippen LogP contribution in [0, 0.1) is 0 Å². The van der Waals surface area contributed by atoms with E-state index >= 15 is 0 Å². The van der Waals surface area contributed by atoms with Crippen LogP contribution in [0.25, 0.3) is 22.0 Å². The maximum Gasteiger partial charge on any atom is 0.249 e. The molecule has 0 aliphatic carbocycles. The molecule has 0 aliphatic heterocycles. The second-order valence-corrected chi connectivity index (χ2v) is 5.60. The summed E-state index contributed by atoms with van der Waals surface area (Å²) in [5, 5.41) is 1.12. The molecule has 3 heteroatoms. The molecule has 1 amide bonds. The average molecular weight is 278 g/mol. The fraction of sp³-hybridized carbons (Fsp3) is 0.167. The van der Waals surface area contributed by atoms with E-state index in [1.54, 1.807) is 0 Å². The number of amides is 1.